The topological polar surface area (TPSA) is 96.9 Å². The molecular formula is C30H34BrN5O4S. The molecule has 1 N–H and O–H groups in total. The van der Waals surface area contributed by atoms with Crippen molar-refractivity contribution < 1.29 is 17.9 Å². The number of nitrogens with one attached hydrogen (secondary N) is 1. The highest BCUT2D eigenvalue weighted by molar-refractivity contribution is 9.10. The molecule has 3 aromatic carbocycles. The van der Waals surface area contributed by atoms with Gasteiger partial charge in [-0.3, -0.25) is 4.72 Å². The average molecular weight is 641 g/mol. The molecule has 216 valence electrons. The summed E-state index contributed by atoms with van der Waals surface area (Å²) < 4.78 is 40.7. The molecule has 1 aliphatic heterocycles. The van der Waals surface area contributed by atoms with Gasteiger partial charge in [0, 0.05) is 59.9 Å². The molecule has 5 rings (SSSR count). The fourth-order valence-electron chi connectivity index (χ4n) is 4.82. The van der Waals surface area contributed by atoms with Crippen molar-refractivity contribution in [2.75, 3.05) is 58.2 Å². The first kappa shape index (κ1) is 29.2. The van der Waals surface area contributed by atoms with Crippen LogP contribution in [0.1, 0.15) is 12.0 Å². The highest BCUT2D eigenvalue weighted by Gasteiger charge is 2.16. The van der Waals surface area contributed by atoms with Gasteiger partial charge in [-0.05, 0) is 49.4 Å². The van der Waals surface area contributed by atoms with E-state index in [0.717, 1.165) is 65.8 Å². The quantitative estimate of drug-likeness (QED) is 0.228. The molecule has 0 atom stereocenters. The van der Waals surface area contributed by atoms with E-state index in [9.17, 15) is 8.42 Å². The lowest BCUT2D eigenvalue weighted by Crippen LogP contribution is -2.44. The zero-order valence-corrected chi connectivity index (χ0v) is 25.6. The Morgan fingerprint density at radius 1 is 0.951 bits per heavy atom. The summed E-state index contributed by atoms with van der Waals surface area (Å²) in [5.41, 5.74) is 3.48. The van der Waals surface area contributed by atoms with E-state index in [1.165, 1.54) is 6.33 Å². The molecule has 1 saturated heterocycles. The average Bonchev–Trinajstić information content (AvgIpc) is 2.97. The van der Waals surface area contributed by atoms with Crippen LogP contribution < -0.4 is 14.2 Å². The Hall–Kier alpha value is -3.25. The van der Waals surface area contributed by atoms with E-state index >= 15 is 0 Å². The van der Waals surface area contributed by atoms with Crippen molar-refractivity contribution in [3.63, 3.8) is 0 Å². The van der Waals surface area contributed by atoms with Gasteiger partial charge < -0.3 is 19.3 Å². The molecular weight excluding hydrogens is 606 g/mol. The molecule has 0 saturated carbocycles. The molecule has 0 unspecified atom stereocenters. The minimum Gasteiger partial charge on any atom is -0.493 e. The van der Waals surface area contributed by atoms with Crippen molar-refractivity contribution in [2.45, 2.75) is 12.2 Å². The van der Waals surface area contributed by atoms with Crippen molar-refractivity contribution in [1.29, 1.82) is 0 Å². The lowest BCUT2D eigenvalue weighted by atomic mass is 10.1. The number of ether oxygens (including phenoxy) is 2. The monoisotopic (exact) mass is 639 g/mol. The molecule has 41 heavy (non-hydrogen) atoms. The van der Waals surface area contributed by atoms with Gasteiger partial charge in [-0.15, -0.1) is 0 Å². The molecule has 0 bridgehead atoms. The first-order valence-electron chi connectivity index (χ1n) is 13.5. The van der Waals surface area contributed by atoms with E-state index in [0.29, 0.717) is 29.4 Å². The number of likely N-dealkylation sites (N-methyl/N-ethyl adjacent to an activating group) is 1. The van der Waals surface area contributed by atoms with Crippen LogP contribution in [0.3, 0.4) is 0 Å². The second-order valence-corrected chi connectivity index (χ2v) is 12.8. The molecule has 2 heterocycles. The summed E-state index contributed by atoms with van der Waals surface area (Å²) in [4.78, 5) is 13.8. The molecule has 1 aromatic heterocycles. The van der Waals surface area contributed by atoms with E-state index in [2.05, 4.69) is 47.5 Å². The molecule has 1 aliphatic rings. The molecule has 11 heteroatoms. The summed E-state index contributed by atoms with van der Waals surface area (Å²) in [5, 5.41) is 0.817. The molecule has 0 spiro atoms. The van der Waals surface area contributed by atoms with E-state index in [1.54, 1.807) is 31.4 Å². The summed E-state index contributed by atoms with van der Waals surface area (Å²) in [6.07, 6.45) is 2.45. The summed E-state index contributed by atoms with van der Waals surface area (Å²) in [6.45, 7) is 5.99. The van der Waals surface area contributed by atoms with Crippen molar-refractivity contribution in [3.05, 3.63) is 77.0 Å². The number of benzene rings is 3. The number of rotatable bonds is 11. The standard InChI is InChI=1S/C30H34BrN5O4S/c1-35-13-15-36(16-14-35)12-3-17-40-29-19-27-26(18-28(29)39-2)30(33-21-32-27)23-6-10-25(11-7-23)34-41(37,38)20-22-4-8-24(31)9-5-22/h4-11,18-19,21,34H,3,12-17,20H2,1-2H3. The second-order valence-electron chi connectivity index (χ2n) is 10.2. The largest absolute Gasteiger partial charge is 0.493 e. The Bertz CT molecular complexity index is 1580. The number of hydrogen-bond acceptors (Lipinski definition) is 8. The predicted molar refractivity (Wildman–Crippen MR) is 166 cm³/mol. The Morgan fingerprint density at radius 3 is 2.39 bits per heavy atom. The summed E-state index contributed by atoms with van der Waals surface area (Å²) >= 11 is 3.37. The van der Waals surface area contributed by atoms with Crippen LogP contribution in [-0.2, 0) is 15.8 Å². The van der Waals surface area contributed by atoms with Crippen LogP contribution in [0.5, 0.6) is 11.5 Å². The Balaban J connectivity index is 1.26. The summed E-state index contributed by atoms with van der Waals surface area (Å²) in [6, 6.07) is 18.2. The van der Waals surface area contributed by atoms with Gasteiger partial charge in [0.1, 0.15) is 6.33 Å². The van der Waals surface area contributed by atoms with Crippen LogP contribution in [0.2, 0.25) is 0 Å². The van der Waals surface area contributed by atoms with Gasteiger partial charge in [0.15, 0.2) is 11.5 Å². The number of aromatic nitrogens is 2. The second kappa shape index (κ2) is 13.2. The number of anilines is 1. The van der Waals surface area contributed by atoms with Gasteiger partial charge in [-0.1, -0.05) is 40.2 Å². The lowest BCUT2D eigenvalue weighted by molar-refractivity contribution is 0.145. The fourth-order valence-corrected chi connectivity index (χ4v) is 6.28. The number of fused-ring (bicyclic) bond motifs is 1. The van der Waals surface area contributed by atoms with Crippen molar-refractivity contribution in [3.8, 4) is 22.8 Å². The maximum absolute atomic E-state index is 12.7. The lowest BCUT2D eigenvalue weighted by Gasteiger charge is -2.32. The van der Waals surface area contributed by atoms with Crippen LogP contribution in [0, 0.1) is 0 Å². The Kier molecular flexibility index (Phi) is 9.39. The number of sulfonamides is 1. The van der Waals surface area contributed by atoms with Gasteiger partial charge in [-0.25, -0.2) is 18.4 Å². The molecule has 1 fully saturated rings. The first-order valence-corrected chi connectivity index (χ1v) is 16.0. The fraction of sp³-hybridized carbons (Fsp3) is 0.333. The van der Waals surface area contributed by atoms with Gasteiger partial charge in [0.2, 0.25) is 10.0 Å². The van der Waals surface area contributed by atoms with Crippen LogP contribution in [-0.4, -0.2) is 81.7 Å². The van der Waals surface area contributed by atoms with Crippen LogP contribution >= 0.6 is 15.9 Å². The van der Waals surface area contributed by atoms with Gasteiger partial charge in [0.25, 0.3) is 0 Å². The number of hydrogen-bond donors (Lipinski definition) is 1. The Morgan fingerprint density at radius 2 is 1.68 bits per heavy atom. The van der Waals surface area contributed by atoms with Gasteiger partial charge in [0.05, 0.1) is 30.7 Å². The highest BCUT2D eigenvalue weighted by atomic mass is 79.9. The molecule has 0 amide bonds. The van der Waals surface area contributed by atoms with Crippen LogP contribution in [0.25, 0.3) is 22.2 Å². The van der Waals surface area contributed by atoms with E-state index in [1.807, 2.05) is 36.4 Å². The number of halogens is 1. The molecule has 4 aromatic rings. The molecule has 0 radical (unpaired) electrons. The number of nitrogens with zero attached hydrogens (tertiary/aromatic N) is 4. The van der Waals surface area contributed by atoms with E-state index in [-0.39, 0.29) is 5.75 Å². The zero-order chi connectivity index (χ0) is 28.8. The van der Waals surface area contributed by atoms with Crippen molar-refractivity contribution in [1.82, 2.24) is 19.8 Å². The smallest absolute Gasteiger partial charge is 0.236 e. The normalized spacial score (nSPS) is 14.7. The molecule has 0 aliphatic carbocycles. The highest BCUT2D eigenvalue weighted by Crippen LogP contribution is 2.35. The minimum atomic E-state index is -3.57. The zero-order valence-electron chi connectivity index (χ0n) is 23.2. The number of methoxy groups -OCH3 is 1. The third-order valence-corrected chi connectivity index (χ3v) is 8.88. The maximum atomic E-state index is 12.7. The third-order valence-electron chi connectivity index (χ3n) is 7.09. The first-order chi connectivity index (χ1) is 19.8. The minimum absolute atomic E-state index is 0.112. The summed E-state index contributed by atoms with van der Waals surface area (Å²) in [5.74, 6) is 1.16. The van der Waals surface area contributed by atoms with Gasteiger partial charge >= 0.3 is 0 Å². The molecule has 9 nitrogen and oxygen atoms in total. The summed E-state index contributed by atoms with van der Waals surface area (Å²) in [7, 11) is 0.212. The van der Waals surface area contributed by atoms with E-state index < -0.39 is 10.0 Å². The van der Waals surface area contributed by atoms with Gasteiger partial charge in [-0.2, -0.15) is 0 Å². The number of piperazine rings is 1. The third kappa shape index (κ3) is 7.73. The Labute approximate surface area is 249 Å². The van der Waals surface area contributed by atoms with Crippen LogP contribution in [0.15, 0.2) is 71.5 Å². The van der Waals surface area contributed by atoms with Crippen molar-refractivity contribution >= 4 is 42.5 Å². The van der Waals surface area contributed by atoms with Crippen molar-refractivity contribution in [2.24, 2.45) is 0 Å². The van der Waals surface area contributed by atoms with E-state index in [4.69, 9.17) is 9.47 Å². The maximum Gasteiger partial charge on any atom is 0.236 e. The van der Waals surface area contributed by atoms with Crippen LogP contribution in [0.4, 0.5) is 5.69 Å². The SMILES string of the molecule is COc1cc2c(-c3ccc(NS(=O)(=O)Cc4ccc(Br)cc4)cc3)ncnc2cc1OCCCN1CCN(C)CC1. The predicted octanol–water partition coefficient (Wildman–Crippen LogP) is 5.03.